The molecule has 2 saturated heterocycles. The largest absolute Gasteiger partial charge is 0.458 e. The highest BCUT2D eigenvalue weighted by Gasteiger charge is 2.39. The van der Waals surface area contributed by atoms with Gasteiger partial charge in [-0.3, -0.25) is 9.59 Å². The number of carbonyl (C=O) groups excluding carboxylic acids is 3. The van der Waals surface area contributed by atoms with Crippen molar-refractivity contribution in [2.24, 2.45) is 5.92 Å². The zero-order chi connectivity index (χ0) is 15.6. The average molecular weight is 296 g/mol. The van der Waals surface area contributed by atoms with Crippen LogP contribution in [0.5, 0.6) is 0 Å². The standard InChI is InChI=1S/C15H24N2O4/c1-15(2,3)21-14(20)11-5-4-8-17(11)13(19)10-6-7-12(18)16-9-10/h10-11H,4-9H2,1-3H3,(H,16,18)/t10?,11-/m1/s1. The zero-order valence-electron chi connectivity index (χ0n) is 13.0. The van der Waals surface area contributed by atoms with Crippen molar-refractivity contribution in [3.63, 3.8) is 0 Å². The number of piperidine rings is 1. The first kappa shape index (κ1) is 15.8. The van der Waals surface area contributed by atoms with E-state index in [2.05, 4.69) is 5.32 Å². The van der Waals surface area contributed by atoms with Gasteiger partial charge < -0.3 is 15.0 Å². The fraction of sp³-hybridized carbons (Fsp3) is 0.800. The van der Waals surface area contributed by atoms with Gasteiger partial charge >= 0.3 is 5.97 Å². The van der Waals surface area contributed by atoms with Crippen molar-refractivity contribution >= 4 is 17.8 Å². The van der Waals surface area contributed by atoms with Gasteiger partial charge in [-0.1, -0.05) is 0 Å². The van der Waals surface area contributed by atoms with Gasteiger partial charge in [0.25, 0.3) is 0 Å². The van der Waals surface area contributed by atoms with Crippen LogP contribution in [0.1, 0.15) is 46.5 Å². The molecule has 118 valence electrons. The van der Waals surface area contributed by atoms with E-state index in [4.69, 9.17) is 4.74 Å². The minimum absolute atomic E-state index is 0.0100. The predicted octanol–water partition coefficient (Wildman–Crippen LogP) is 0.845. The number of esters is 1. The molecule has 0 radical (unpaired) electrons. The van der Waals surface area contributed by atoms with Gasteiger partial charge in [0.1, 0.15) is 11.6 Å². The third-order valence-electron chi connectivity index (χ3n) is 3.83. The van der Waals surface area contributed by atoms with Crippen molar-refractivity contribution in [1.29, 1.82) is 0 Å². The Kier molecular flexibility index (Phi) is 4.54. The quantitative estimate of drug-likeness (QED) is 0.766. The first-order valence-corrected chi connectivity index (χ1v) is 7.58. The molecule has 0 saturated carbocycles. The van der Waals surface area contributed by atoms with Crippen molar-refractivity contribution in [3.8, 4) is 0 Å². The van der Waals surface area contributed by atoms with E-state index in [-0.39, 0.29) is 23.7 Å². The molecule has 0 aromatic carbocycles. The van der Waals surface area contributed by atoms with Gasteiger partial charge in [-0.2, -0.15) is 0 Å². The summed E-state index contributed by atoms with van der Waals surface area (Å²) in [5.74, 6) is -0.591. The first-order chi connectivity index (χ1) is 9.78. The van der Waals surface area contributed by atoms with Crippen LogP contribution in [0, 0.1) is 5.92 Å². The molecule has 1 N–H and O–H groups in total. The van der Waals surface area contributed by atoms with Crippen molar-refractivity contribution in [1.82, 2.24) is 10.2 Å². The minimum atomic E-state index is -0.548. The van der Waals surface area contributed by atoms with E-state index in [1.54, 1.807) is 4.90 Å². The van der Waals surface area contributed by atoms with Crippen molar-refractivity contribution in [3.05, 3.63) is 0 Å². The molecule has 2 rings (SSSR count). The van der Waals surface area contributed by atoms with E-state index in [1.807, 2.05) is 20.8 Å². The Balaban J connectivity index is 1.99. The van der Waals surface area contributed by atoms with Crippen LogP contribution >= 0.6 is 0 Å². The molecule has 2 aliphatic rings. The van der Waals surface area contributed by atoms with Crippen molar-refractivity contribution in [2.75, 3.05) is 13.1 Å². The molecular formula is C15H24N2O4. The van der Waals surface area contributed by atoms with E-state index < -0.39 is 11.6 Å². The fourth-order valence-electron chi connectivity index (χ4n) is 2.82. The van der Waals surface area contributed by atoms with Crippen LogP contribution in [0.15, 0.2) is 0 Å². The van der Waals surface area contributed by atoms with Gasteiger partial charge in [-0.05, 0) is 40.0 Å². The van der Waals surface area contributed by atoms with E-state index in [0.717, 1.165) is 6.42 Å². The van der Waals surface area contributed by atoms with E-state index in [9.17, 15) is 14.4 Å². The Morgan fingerprint density at radius 2 is 2.00 bits per heavy atom. The van der Waals surface area contributed by atoms with Crippen molar-refractivity contribution < 1.29 is 19.1 Å². The van der Waals surface area contributed by atoms with E-state index >= 15 is 0 Å². The SMILES string of the molecule is CC(C)(C)OC(=O)[C@H]1CCCN1C(=O)C1CCC(=O)NC1. The minimum Gasteiger partial charge on any atom is -0.458 e. The van der Waals surface area contributed by atoms with Gasteiger partial charge in [-0.25, -0.2) is 4.79 Å². The summed E-state index contributed by atoms with van der Waals surface area (Å²) in [6.45, 7) is 6.43. The van der Waals surface area contributed by atoms with Crippen LogP contribution in [0.3, 0.4) is 0 Å². The summed E-state index contributed by atoms with van der Waals surface area (Å²) in [7, 11) is 0. The maximum Gasteiger partial charge on any atom is 0.329 e. The van der Waals surface area contributed by atoms with Crippen LogP contribution in [0.2, 0.25) is 0 Å². The lowest BCUT2D eigenvalue weighted by Crippen LogP contribution is -2.49. The summed E-state index contributed by atoms with van der Waals surface area (Å²) in [6, 6.07) is -0.477. The smallest absolute Gasteiger partial charge is 0.329 e. The molecule has 6 heteroatoms. The van der Waals surface area contributed by atoms with E-state index in [0.29, 0.717) is 32.4 Å². The molecule has 2 heterocycles. The number of hydrogen-bond donors (Lipinski definition) is 1. The Morgan fingerprint density at radius 3 is 2.57 bits per heavy atom. The normalized spacial score (nSPS) is 26.4. The number of amides is 2. The topological polar surface area (TPSA) is 75.7 Å². The zero-order valence-corrected chi connectivity index (χ0v) is 13.0. The number of carbonyl (C=O) groups is 3. The fourth-order valence-corrected chi connectivity index (χ4v) is 2.82. The summed E-state index contributed by atoms with van der Waals surface area (Å²) in [4.78, 5) is 37.6. The Morgan fingerprint density at radius 1 is 1.29 bits per heavy atom. The highest BCUT2D eigenvalue weighted by atomic mass is 16.6. The summed E-state index contributed by atoms with van der Waals surface area (Å²) < 4.78 is 5.40. The molecule has 0 aromatic rings. The van der Waals surface area contributed by atoms with E-state index in [1.165, 1.54) is 0 Å². The molecule has 0 bridgehead atoms. The predicted molar refractivity (Wildman–Crippen MR) is 76.3 cm³/mol. The van der Waals surface area contributed by atoms with Gasteiger partial charge in [0.05, 0.1) is 5.92 Å². The van der Waals surface area contributed by atoms with Crippen LogP contribution < -0.4 is 5.32 Å². The maximum absolute atomic E-state index is 12.6. The van der Waals surface area contributed by atoms with Crippen LogP contribution in [0.25, 0.3) is 0 Å². The van der Waals surface area contributed by atoms with Gasteiger partial charge in [-0.15, -0.1) is 0 Å². The summed E-state index contributed by atoms with van der Waals surface area (Å²) >= 11 is 0. The highest BCUT2D eigenvalue weighted by Crippen LogP contribution is 2.25. The van der Waals surface area contributed by atoms with Gasteiger partial charge in [0.2, 0.25) is 11.8 Å². The molecule has 2 atom stereocenters. The van der Waals surface area contributed by atoms with Crippen LogP contribution in [-0.2, 0) is 19.1 Å². The second kappa shape index (κ2) is 6.03. The molecule has 2 fully saturated rings. The number of nitrogens with zero attached hydrogens (tertiary/aromatic N) is 1. The second-order valence-corrected chi connectivity index (χ2v) is 6.76. The highest BCUT2D eigenvalue weighted by molar-refractivity contribution is 5.88. The average Bonchev–Trinajstić information content (AvgIpc) is 2.86. The lowest BCUT2D eigenvalue weighted by molar-refractivity contribution is -0.164. The number of rotatable bonds is 2. The third-order valence-corrected chi connectivity index (χ3v) is 3.83. The van der Waals surface area contributed by atoms with Crippen LogP contribution in [-0.4, -0.2) is 47.4 Å². The third kappa shape index (κ3) is 3.95. The van der Waals surface area contributed by atoms with Gasteiger partial charge in [0, 0.05) is 19.5 Å². The van der Waals surface area contributed by atoms with Crippen molar-refractivity contribution in [2.45, 2.75) is 58.1 Å². The maximum atomic E-state index is 12.6. The Hall–Kier alpha value is -1.59. The molecular weight excluding hydrogens is 272 g/mol. The lowest BCUT2D eigenvalue weighted by Gasteiger charge is -2.31. The first-order valence-electron chi connectivity index (χ1n) is 7.58. The van der Waals surface area contributed by atoms with Gasteiger partial charge in [0.15, 0.2) is 0 Å². The molecule has 2 amide bonds. The molecule has 0 aliphatic carbocycles. The molecule has 1 unspecified atom stereocenters. The number of hydrogen-bond acceptors (Lipinski definition) is 4. The number of likely N-dealkylation sites (tertiary alicyclic amines) is 1. The lowest BCUT2D eigenvalue weighted by atomic mass is 9.97. The Bertz CT molecular complexity index is 431. The monoisotopic (exact) mass is 296 g/mol. The number of ether oxygens (including phenoxy) is 1. The summed E-state index contributed by atoms with van der Waals surface area (Å²) in [5.41, 5.74) is -0.548. The molecule has 0 spiro atoms. The molecule has 0 aromatic heterocycles. The Labute approximate surface area is 125 Å². The summed E-state index contributed by atoms with van der Waals surface area (Å²) in [6.07, 6.45) is 2.40. The second-order valence-electron chi connectivity index (χ2n) is 6.76. The molecule has 2 aliphatic heterocycles. The molecule has 21 heavy (non-hydrogen) atoms. The molecule has 6 nitrogen and oxygen atoms in total. The van der Waals surface area contributed by atoms with Crippen LogP contribution in [0.4, 0.5) is 0 Å². The number of nitrogens with one attached hydrogen (secondary N) is 1. The summed E-state index contributed by atoms with van der Waals surface area (Å²) in [5, 5.41) is 2.72.